The Hall–Kier alpha value is -2.09. The highest BCUT2D eigenvalue weighted by molar-refractivity contribution is 7.89. The first-order valence-electron chi connectivity index (χ1n) is 8.08. The zero-order valence-electron chi connectivity index (χ0n) is 14.3. The van der Waals surface area contributed by atoms with Gasteiger partial charge in [0.25, 0.3) is 0 Å². The minimum absolute atomic E-state index is 0.0177. The van der Waals surface area contributed by atoms with Gasteiger partial charge in [0.1, 0.15) is 11.5 Å². The van der Waals surface area contributed by atoms with Crippen LogP contribution in [0.3, 0.4) is 0 Å². The van der Waals surface area contributed by atoms with E-state index in [0.717, 1.165) is 18.5 Å². The fourth-order valence-electron chi connectivity index (χ4n) is 3.12. The van der Waals surface area contributed by atoms with Crippen molar-refractivity contribution in [2.75, 3.05) is 27.3 Å². The maximum atomic E-state index is 12.8. The zero-order valence-corrected chi connectivity index (χ0v) is 15.1. The number of nitrogens with one attached hydrogen (secondary N) is 2. The van der Waals surface area contributed by atoms with E-state index in [1.807, 2.05) is 18.2 Å². The van der Waals surface area contributed by atoms with E-state index in [1.54, 1.807) is 18.2 Å². The van der Waals surface area contributed by atoms with Crippen LogP contribution in [0.5, 0.6) is 11.5 Å². The molecule has 3 rings (SSSR count). The summed E-state index contributed by atoms with van der Waals surface area (Å²) in [5, 5.41) is 3.37. The molecule has 2 N–H and O–H groups in total. The molecular formula is C18H22N2O4S. The molecule has 0 radical (unpaired) electrons. The van der Waals surface area contributed by atoms with E-state index in [0.29, 0.717) is 0 Å². The van der Waals surface area contributed by atoms with Crippen molar-refractivity contribution in [3.8, 4) is 11.5 Å². The minimum atomic E-state index is -3.79. The van der Waals surface area contributed by atoms with Crippen LogP contribution in [0.4, 0.5) is 0 Å². The van der Waals surface area contributed by atoms with Gasteiger partial charge in [-0.25, -0.2) is 13.1 Å². The van der Waals surface area contributed by atoms with Gasteiger partial charge in [-0.3, -0.25) is 0 Å². The number of hydrogen-bond donors (Lipinski definition) is 2. The predicted molar refractivity (Wildman–Crippen MR) is 95.6 cm³/mol. The molecule has 2 aromatic carbocycles. The van der Waals surface area contributed by atoms with Crippen LogP contribution in [-0.2, 0) is 16.4 Å². The third-order valence-electron chi connectivity index (χ3n) is 4.34. The molecule has 0 bridgehead atoms. The lowest BCUT2D eigenvalue weighted by Crippen LogP contribution is -2.39. The number of ether oxygens (including phenoxy) is 2. The molecule has 0 fully saturated rings. The van der Waals surface area contributed by atoms with Gasteiger partial charge in [-0.15, -0.1) is 0 Å². The van der Waals surface area contributed by atoms with Crippen LogP contribution in [0.1, 0.15) is 17.2 Å². The lowest BCUT2D eigenvalue weighted by Gasteiger charge is -2.27. The van der Waals surface area contributed by atoms with E-state index >= 15 is 0 Å². The summed E-state index contributed by atoms with van der Waals surface area (Å²) >= 11 is 0. The Kier molecular flexibility index (Phi) is 5.27. The van der Waals surface area contributed by atoms with Crippen molar-refractivity contribution in [2.45, 2.75) is 17.4 Å². The Bertz CT molecular complexity index is 830. The van der Waals surface area contributed by atoms with E-state index in [4.69, 9.17) is 9.47 Å². The van der Waals surface area contributed by atoms with Gasteiger partial charge in [0.2, 0.25) is 10.0 Å². The van der Waals surface area contributed by atoms with Crippen LogP contribution < -0.4 is 19.5 Å². The Balaban J connectivity index is 1.85. The lowest BCUT2D eigenvalue weighted by atomic mass is 9.95. The van der Waals surface area contributed by atoms with Crippen LogP contribution in [0.15, 0.2) is 47.4 Å². The number of benzene rings is 2. The summed E-state index contributed by atoms with van der Waals surface area (Å²) in [6.07, 6.45) is 0.944. The zero-order chi connectivity index (χ0) is 17.9. The Morgan fingerprint density at radius 3 is 2.44 bits per heavy atom. The van der Waals surface area contributed by atoms with Gasteiger partial charge in [-0.1, -0.05) is 30.3 Å². The molecule has 1 aliphatic heterocycles. The first-order valence-corrected chi connectivity index (χ1v) is 9.57. The molecule has 0 aliphatic carbocycles. The van der Waals surface area contributed by atoms with Gasteiger partial charge in [-0.05, 0) is 36.2 Å². The van der Waals surface area contributed by atoms with E-state index in [1.165, 1.54) is 19.8 Å². The van der Waals surface area contributed by atoms with Crippen molar-refractivity contribution in [3.05, 3.63) is 53.6 Å². The van der Waals surface area contributed by atoms with Gasteiger partial charge in [0, 0.05) is 12.6 Å². The Morgan fingerprint density at radius 1 is 1.08 bits per heavy atom. The van der Waals surface area contributed by atoms with Crippen LogP contribution in [0, 0.1) is 0 Å². The molecule has 2 aromatic rings. The van der Waals surface area contributed by atoms with Crippen LogP contribution in [0.25, 0.3) is 0 Å². The molecule has 0 aromatic heterocycles. The fourth-order valence-corrected chi connectivity index (χ4v) is 4.49. The number of rotatable bonds is 6. The molecule has 0 amide bonds. The van der Waals surface area contributed by atoms with E-state index in [-0.39, 0.29) is 29.0 Å². The fraction of sp³-hybridized carbons (Fsp3) is 0.333. The maximum Gasteiger partial charge on any atom is 0.248 e. The Labute approximate surface area is 148 Å². The molecule has 25 heavy (non-hydrogen) atoms. The molecule has 1 unspecified atom stereocenters. The molecule has 1 aliphatic rings. The van der Waals surface area contributed by atoms with Crippen molar-refractivity contribution < 1.29 is 17.9 Å². The summed E-state index contributed by atoms with van der Waals surface area (Å²) in [4.78, 5) is 0.0177. The lowest BCUT2D eigenvalue weighted by molar-refractivity contribution is 0.372. The van der Waals surface area contributed by atoms with Gasteiger partial charge < -0.3 is 14.8 Å². The third-order valence-corrected chi connectivity index (χ3v) is 5.83. The van der Waals surface area contributed by atoms with Crippen molar-refractivity contribution in [3.63, 3.8) is 0 Å². The number of fused-ring (bicyclic) bond motifs is 1. The third kappa shape index (κ3) is 3.63. The number of sulfonamides is 1. The first-order chi connectivity index (χ1) is 12.1. The average molecular weight is 362 g/mol. The van der Waals surface area contributed by atoms with Gasteiger partial charge >= 0.3 is 0 Å². The summed E-state index contributed by atoms with van der Waals surface area (Å²) < 4.78 is 38.8. The summed E-state index contributed by atoms with van der Waals surface area (Å²) in [7, 11) is -0.913. The standard InChI is InChI=1S/C18H22N2O4S/c1-23-16-8-5-9-17(24-2)18(16)25(21,22)20-12-15-14-7-4-3-6-13(14)10-11-19-15/h3-9,15,19-20H,10-12H2,1-2H3. The van der Waals surface area contributed by atoms with Crippen molar-refractivity contribution in [2.24, 2.45) is 0 Å². The summed E-state index contributed by atoms with van der Waals surface area (Å²) in [5.41, 5.74) is 2.38. The molecule has 1 heterocycles. The van der Waals surface area contributed by atoms with Gasteiger partial charge in [0.15, 0.2) is 4.90 Å². The highest BCUT2D eigenvalue weighted by Gasteiger charge is 2.27. The van der Waals surface area contributed by atoms with Gasteiger partial charge in [0.05, 0.1) is 14.2 Å². The molecule has 134 valence electrons. The highest BCUT2D eigenvalue weighted by Crippen LogP contribution is 2.33. The van der Waals surface area contributed by atoms with Crippen molar-refractivity contribution >= 4 is 10.0 Å². The first kappa shape index (κ1) is 17.7. The maximum absolute atomic E-state index is 12.8. The molecule has 0 spiro atoms. The second kappa shape index (κ2) is 7.43. The summed E-state index contributed by atoms with van der Waals surface area (Å²) in [6.45, 7) is 1.07. The molecule has 7 heteroatoms. The number of methoxy groups -OCH3 is 2. The molecule has 6 nitrogen and oxygen atoms in total. The molecule has 1 atom stereocenters. The van der Waals surface area contributed by atoms with E-state index in [9.17, 15) is 8.42 Å². The minimum Gasteiger partial charge on any atom is -0.495 e. The number of hydrogen-bond acceptors (Lipinski definition) is 5. The second-order valence-electron chi connectivity index (χ2n) is 5.80. The predicted octanol–water partition coefficient (Wildman–Crippen LogP) is 1.87. The van der Waals surface area contributed by atoms with E-state index in [2.05, 4.69) is 16.1 Å². The van der Waals surface area contributed by atoms with E-state index < -0.39 is 10.0 Å². The van der Waals surface area contributed by atoms with Crippen LogP contribution in [-0.4, -0.2) is 35.7 Å². The average Bonchev–Trinajstić information content (AvgIpc) is 2.65. The largest absolute Gasteiger partial charge is 0.495 e. The quantitative estimate of drug-likeness (QED) is 0.820. The smallest absolute Gasteiger partial charge is 0.248 e. The van der Waals surface area contributed by atoms with Crippen LogP contribution in [0.2, 0.25) is 0 Å². The SMILES string of the molecule is COc1cccc(OC)c1S(=O)(=O)NCC1NCCc2ccccc21. The molecule has 0 saturated heterocycles. The Morgan fingerprint density at radius 2 is 1.76 bits per heavy atom. The van der Waals surface area contributed by atoms with Crippen molar-refractivity contribution in [1.29, 1.82) is 0 Å². The topological polar surface area (TPSA) is 76.7 Å². The molecule has 0 saturated carbocycles. The normalized spacial score (nSPS) is 17.0. The van der Waals surface area contributed by atoms with Crippen LogP contribution >= 0.6 is 0 Å². The second-order valence-corrected chi connectivity index (χ2v) is 7.50. The summed E-state index contributed by atoms with van der Waals surface area (Å²) in [5.74, 6) is 0.507. The van der Waals surface area contributed by atoms with Gasteiger partial charge in [-0.2, -0.15) is 0 Å². The summed E-state index contributed by atoms with van der Waals surface area (Å²) in [6, 6.07) is 12.9. The monoisotopic (exact) mass is 362 g/mol. The van der Waals surface area contributed by atoms with Crippen molar-refractivity contribution in [1.82, 2.24) is 10.0 Å². The molecular weight excluding hydrogens is 340 g/mol. The highest BCUT2D eigenvalue weighted by atomic mass is 32.2.